The molecule has 0 fully saturated rings. The zero-order valence-corrected chi connectivity index (χ0v) is 14.0. The first-order valence-corrected chi connectivity index (χ1v) is 7.88. The van der Waals surface area contributed by atoms with Crippen molar-refractivity contribution in [2.24, 2.45) is 0 Å². The summed E-state index contributed by atoms with van der Waals surface area (Å²) in [5.41, 5.74) is -0.862. The Morgan fingerprint density at radius 3 is 1.89 bits per heavy atom. The first kappa shape index (κ1) is 18.9. The average molecular weight is 381 g/mol. The number of benzene rings is 2. The highest BCUT2D eigenvalue weighted by atomic mass is 19.4. The number of aromatic nitrogens is 1. The summed E-state index contributed by atoms with van der Waals surface area (Å²) in [5, 5.41) is 0. The van der Waals surface area contributed by atoms with Crippen molar-refractivity contribution >= 4 is 0 Å². The fourth-order valence-corrected chi connectivity index (χ4v) is 2.82. The quantitative estimate of drug-likeness (QED) is 0.447. The molecular weight excluding hydrogens is 368 g/mol. The van der Waals surface area contributed by atoms with Gasteiger partial charge >= 0.3 is 12.4 Å². The van der Waals surface area contributed by atoms with Crippen LogP contribution in [-0.4, -0.2) is 4.98 Å². The predicted molar refractivity (Wildman–Crippen MR) is 89.9 cm³/mol. The minimum absolute atomic E-state index is 0.0296. The third kappa shape index (κ3) is 3.97. The van der Waals surface area contributed by atoms with E-state index in [2.05, 4.69) is 4.98 Å². The van der Waals surface area contributed by atoms with E-state index in [1.165, 1.54) is 6.20 Å². The Hall–Kier alpha value is -2.83. The molecule has 2 aromatic carbocycles. The monoisotopic (exact) mass is 381 g/mol. The van der Waals surface area contributed by atoms with Crippen LogP contribution in [0, 0.1) is 6.92 Å². The molecule has 0 saturated heterocycles. The summed E-state index contributed by atoms with van der Waals surface area (Å²) in [6.07, 6.45) is -8.71. The molecule has 0 aliphatic carbocycles. The SMILES string of the molecule is Cc1cc(-c2ccc(C(F)(F)F)c(C(F)(F)F)c2)ncc1-c1ccccc1. The second kappa shape index (κ2) is 6.72. The molecule has 1 aromatic heterocycles. The van der Waals surface area contributed by atoms with Crippen LogP contribution in [0.5, 0.6) is 0 Å². The van der Waals surface area contributed by atoms with Crippen molar-refractivity contribution in [1.29, 1.82) is 0 Å². The van der Waals surface area contributed by atoms with Gasteiger partial charge in [0.1, 0.15) is 0 Å². The number of halogens is 6. The summed E-state index contributed by atoms with van der Waals surface area (Å²) in [7, 11) is 0. The summed E-state index contributed by atoms with van der Waals surface area (Å²) in [6.45, 7) is 1.77. The van der Waals surface area contributed by atoms with E-state index >= 15 is 0 Å². The van der Waals surface area contributed by atoms with Crippen molar-refractivity contribution in [3.05, 3.63) is 77.5 Å². The third-order valence-electron chi connectivity index (χ3n) is 4.12. The van der Waals surface area contributed by atoms with E-state index in [1.807, 2.05) is 30.3 Å². The topological polar surface area (TPSA) is 12.9 Å². The van der Waals surface area contributed by atoms with Crippen molar-refractivity contribution in [3.8, 4) is 22.4 Å². The maximum Gasteiger partial charge on any atom is 0.417 e. The van der Waals surface area contributed by atoms with E-state index < -0.39 is 23.5 Å². The van der Waals surface area contributed by atoms with Crippen molar-refractivity contribution in [3.63, 3.8) is 0 Å². The lowest BCUT2D eigenvalue weighted by molar-refractivity contribution is -0.162. The molecule has 0 aliphatic rings. The smallest absolute Gasteiger partial charge is 0.256 e. The average Bonchev–Trinajstić information content (AvgIpc) is 2.60. The van der Waals surface area contributed by atoms with E-state index in [1.54, 1.807) is 13.0 Å². The zero-order valence-electron chi connectivity index (χ0n) is 14.0. The fraction of sp³-hybridized carbons (Fsp3) is 0.150. The Bertz CT molecular complexity index is 958. The van der Waals surface area contributed by atoms with Gasteiger partial charge < -0.3 is 0 Å². The van der Waals surface area contributed by atoms with E-state index in [4.69, 9.17) is 0 Å². The first-order valence-electron chi connectivity index (χ1n) is 7.88. The van der Waals surface area contributed by atoms with Crippen LogP contribution in [0.15, 0.2) is 60.8 Å². The lowest BCUT2D eigenvalue weighted by Gasteiger charge is -2.17. The van der Waals surface area contributed by atoms with Gasteiger partial charge in [-0.3, -0.25) is 4.98 Å². The summed E-state index contributed by atoms with van der Waals surface area (Å²) < 4.78 is 78.1. The van der Waals surface area contributed by atoms with Crippen LogP contribution >= 0.6 is 0 Å². The predicted octanol–water partition coefficient (Wildman–Crippen LogP) is 6.76. The molecule has 3 aromatic rings. The standard InChI is InChI=1S/C20H13F6N/c1-12-9-18(27-11-15(12)13-5-3-2-4-6-13)14-7-8-16(19(21,22)23)17(10-14)20(24,25)26/h2-11H,1H3. The number of hydrogen-bond acceptors (Lipinski definition) is 1. The van der Waals surface area contributed by atoms with Crippen LogP contribution in [0.4, 0.5) is 26.3 Å². The summed E-state index contributed by atoms with van der Waals surface area (Å²) in [6, 6.07) is 12.8. The second-order valence-electron chi connectivity index (χ2n) is 6.01. The molecule has 0 N–H and O–H groups in total. The molecule has 0 aliphatic heterocycles. The molecule has 0 atom stereocenters. The summed E-state index contributed by atoms with van der Waals surface area (Å²) in [5.74, 6) is 0. The third-order valence-corrected chi connectivity index (χ3v) is 4.12. The molecule has 0 bridgehead atoms. The van der Waals surface area contributed by atoms with Crippen molar-refractivity contribution in [1.82, 2.24) is 4.98 Å². The molecule has 0 radical (unpaired) electrons. The van der Waals surface area contributed by atoms with E-state index in [9.17, 15) is 26.3 Å². The highest BCUT2D eigenvalue weighted by molar-refractivity contribution is 5.70. The van der Waals surface area contributed by atoms with Gasteiger partial charge in [0.25, 0.3) is 0 Å². The lowest BCUT2D eigenvalue weighted by atomic mass is 9.98. The number of pyridine rings is 1. The maximum atomic E-state index is 13.1. The van der Waals surface area contributed by atoms with Gasteiger partial charge in [-0.05, 0) is 36.2 Å². The van der Waals surface area contributed by atoms with E-state index in [0.717, 1.165) is 22.8 Å². The molecule has 3 rings (SSSR count). The Labute approximate surface area is 151 Å². The van der Waals surface area contributed by atoms with Gasteiger partial charge in [0.15, 0.2) is 0 Å². The van der Waals surface area contributed by atoms with Crippen molar-refractivity contribution in [2.75, 3.05) is 0 Å². The van der Waals surface area contributed by atoms with Gasteiger partial charge in [0.05, 0.1) is 16.8 Å². The minimum Gasteiger partial charge on any atom is -0.256 e. The molecule has 27 heavy (non-hydrogen) atoms. The summed E-state index contributed by atoms with van der Waals surface area (Å²) >= 11 is 0. The maximum absolute atomic E-state index is 13.1. The molecule has 0 amide bonds. The Balaban J connectivity index is 2.08. The van der Waals surface area contributed by atoms with Gasteiger partial charge in [0.2, 0.25) is 0 Å². The molecule has 7 heteroatoms. The van der Waals surface area contributed by atoms with Gasteiger partial charge in [-0.1, -0.05) is 36.4 Å². The Kier molecular flexibility index (Phi) is 4.71. The first-order chi connectivity index (χ1) is 12.6. The zero-order chi connectivity index (χ0) is 19.8. The Morgan fingerprint density at radius 2 is 1.33 bits per heavy atom. The van der Waals surface area contributed by atoms with Gasteiger partial charge in [-0.2, -0.15) is 26.3 Å². The van der Waals surface area contributed by atoms with E-state index in [0.29, 0.717) is 12.1 Å². The number of aryl methyl sites for hydroxylation is 1. The summed E-state index contributed by atoms with van der Waals surface area (Å²) in [4.78, 5) is 4.15. The molecule has 0 unspecified atom stereocenters. The van der Waals surface area contributed by atoms with E-state index in [-0.39, 0.29) is 11.3 Å². The van der Waals surface area contributed by atoms with Crippen LogP contribution in [0.2, 0.25) is 0 Å². The van der Waals surface area contributed by atoms with Gasteiger partial charge in [-0.15, -0.1) is 0 Å². The van der Waals surface area contributed by atoms with Crippen molar-refractivity contribution in [2.45, 2.75) is 19.3 Å². The molecule has 1 heterocycles. The Morgan fingerprint density at radius 1 is 0.704 bits per heavy atom. The number of rotatable bonds is 2. The molecule has 1 nitrogen and oxygen atoms in total. The molecular formula is C20H13F6N. The number of alkyl halides is 6. The van der Waals surface area contributed by atoms with Crippen LogP contribution < -0.4 is 0 Å². The second-order valence-corrected chi connectivity index (χ2v) is 6.01. The number of nitrogens with zero attached hydrogens (tertiary/aromatic N) is 1. The van der Waals surface area contributed by atoms with Crippen molar-refractivity contribution < 1.29 is 26.3 Å². The van der Waals surface area contributed by atoms with Gasteiger partial charge in [0, 0.05) is 17.3 Å². The lowest BCUT2D eigenvalue weighted by Crippen LogP contribution is -2.16. The molecule has 0 saturated carbocycles. The van der Waals surface area contributed by atoms with Crippen LogP contribution in [0.1, 0.15) is 16.7 Å². The van der Waals surface area contributed by atoms with Gasteiger partial charge in [-0.25, -0.2) is 0 Å². The molecule has 0 spiro atoms. The normalized spacial score (nSPS) is 12.3. The number of hydrogen-bond donors (Lipinski definition) is 0. The van der Waals surface area contributed by atoms with Crippen LogP contribution in [0.25, 0.3) is 22.4 Å². The largest absolute Gasteiger partial charge is 0.417 e. The van der Waals surface area contributed by atoms with Crippen LogP contribution in [0.3, 0.4) is 0 Å². The minimum atomic E-state index is -5.13. The highest BCUT2D eigenvalue weighted by Gasteiger charge is 2.43. The van der Waals surface area contributed by atoms with Crippen LogP contribution in [-0.2, 0) is 12.4 Å². The molecule has 140 valence electrons. The highest BCUT2D eigenvalue weighted by Crippen LogP contribution is 2.42. The fourth-order valence-electron chi connectivity index (χ4n) is 2.82.